The van der Waals surface area contributed by atoms with Crippen LogP contribution in [0.5, 0.6) is 0 Å². The Hall–Kier alpha value is -0.190. The second-order valence-corrected chi connectivity index (χ2v) is 6.84. The van der Waals surface area contributed by atoms with Gasteiger partial charge in [0.2, 0.25) is 0 Å². The van der Waals surface area contributed by atoms with Crippen molar-refractivity contribution < 1.29 is 4.39 Å². The molecule has 0 amide bonds. The van der Waals surface area contributed by atoms with Crippen molar-refractivity contribution in [3.05, 3.63) is 55.9 Å². The van der Waals surface area contributed by atoms with Crippen LogP contribution >= 0.6 is 43.2 Å². The fourth-order valence-corrected chi connectivity index (χ4v) is 3.71. The molecule has 4 heteroatoms. The van der Waals surface area contributed by atoms with Crippen LogP contribution in [0.25, 0.3) is 0 Å². The standard InChI is InChI=1S/C12H9Br2FS/c1-7-5-10(16-12(7)14)11(13)8-3-2-4-9(15)6-8/h2-6,11H,1H3. The highest BCUT2D eigenvalue weighted by Crippen LogP contribution is 2.39. The lowest BCUT2D eigenvalue weighted by Gasteiger charge is -2.07. The van der Waals surface area contributed by atoms with Gasteiger partial charge in [0.05, 0.1) is 8.61 Å². The SMILES string of the molecule is Cc1cc(C(Br)c2cccc(F)c2)sc1Br. The van der Waals surface area contributed by atoms with Crippen LogP contribution < -0.4 is 0 Å². The molecule has 0 saturated heterocycles. The van der Waals surface area contributed by atoms with Gasteiger partial charge in [0.15, 0.2) is 0 Å². The smallest absolute Gasteiger partial charge is 0.123 e. The predicted molar refractivity (Wildman–Crippen MR) is 73.9 cm³/mol. The topological polar surface area (TPSA) is 0 Å². The Balaban J connectivity index is 2.35. The molecule has 1 heterocycles. The van der Waals surface area contributed by atoms with E-state index < -0.39 is 0 Å². The fourth-order valence-electron chi connectivity index (χ4n) is 1.44. The average Bonchev–Trinajstić information content (AvgIpc) is 2.58. The number of thiophene rings is 1. The summed E-state index contributed by atoms with van der Waals surface area (Å²) in [7, 11) is 0. The minimum Gasteiger partial charge on any atom is -0.207 e. The highest BCUT2D eigenvalue weighted by Gasteiger charge is 2.14. The molecule has 16 heavy (non-hydrogen) atoms. The minimum absolute atomic E-state index is 0.0539. The zero-order valence-electron chi connectivity index (χ0n) is 8.51. The lowest BCUT2D eigenvalue weighted by atomic mass is 10.1. The van der Waals surface area contributed by atoms with E-state index in [1.54, 1.807) is 23.5 Å². The van der Waals surface area contributed by atoms with Crippen LogP contribution in [0.2, 0.25) is 0 Å². The van der Waals surface area contributed by atoms with E-state index in [0.717, 1.165) is 9.35 Å². The lowest BCUT2D eigenvalue weighted by molar-refractivity contribution is 0.626. The van der Waals surface area contributed by atoms with Crippen molar-refractivity contribution in [3.8, 4) is 0 Å². The summed E-state index contributed by atoms with van der Waals surface area (Å²) in [4.78, 5) is 1.23. The largest absolute Gasteiger partial charge is 0.207 e. The number of aryl methyl sites for hydroxylation is 1. The second-order valence-electron chi connectivity index (χ2n) is 3.52. The Morgan fingerprint density at radius 1 is 1.31 bits per heavy atom. The van der Waals surface area contributed by atoms with Crippen LogP contribution in [0.4, 0.5) is 4.39 Å². The first-order chi connectivity index (χ1) is 7.58. The molecule has 0 saturated carbocycles. The van der Waals surface area contributed by atoms with Gasteiger partial charge in [-0.3, -0.25) is 0 Å². The molecule has 0 nitrogen and oxygen atoms in total. The van der Waals surface area contributed by atoms with E-state index in [1.165, 1.54) is 16.5 Å². The molecule has 1 aromatic carbocycles. The van der Waals surface area contributed by atoms with Gasteiger partial charge in [0, 0.05) is 4.88 Å². The first-order valence-electron chi connectivity index (χ1n) is 4.73. The molecule has 84 valence electrons. The van der Waals surface area contributed by atoms with Crippen molar-refractivity contribution in [2.45, 2.75) is 11.8 Å². The number of rotatable bonds is 2. The summed E-state index contributed by atoms with van der Waals surface area (Å²) in [5.41, 5.74) is 2.15. The van der Waals surface area contributed by atoms with Gasteiger partial charge < -0.3 is 0 Å². The van der Waals surface area contributed by atoms with Gasteiger partial charge in [-0.1, -0.05) is 28.1 Å². The van der Waals surface area contributed by atoms with Gasteiger partial charge in [0.1, 0.15) is 5.82 Å². The monoisotopic (exact) mass is 362 g/mol. The summed E-state index contributed by atoms with van der Waals surface area (Å²) in [6.45, 7) is 2.05. The van der Waals surface area contributed by atoms with Crippen LogP contribution in [-0.2, 0) is 0 Å². The normalized spacial score (nSPS) is 12.8. The van der Waals surface area contributed by atoms with Crippen LogP contribution in [0.15, 0.2) is 34.1 Å². The molecule has 0 aliphatic rings. The van der Waals surface area contributed by atoms with Gasteiger partial charge in [-0.25, -0.2) is 4.39 Å². The van der Waals surface area contributed by atoms with Gasteiger partial charge in [-0.05, 0) is 52.2 Å². The third-order valence-corrected chi connectivity index (χ3v) is 5.79. The highest BCUT2D eigenvalue weighted by atomic mass is 79.9. The number of halogens is 3. The first-order valence-corrected chi connectivity index (χ1v) is 7.26. The van der Waals surface area contributed by atoms with Crippen LogP contribution in [0.1, 0.15) is 20.8 Å². The van der Waals surface area contributed by atoms with Crippen molar-refractivity contribution in [2.24, 2.45) is 0 Å². The maximum atomic E-state index is 13.1. The molecule has 0 radical (unpaired) electrons. The number of hydrogen-bond acceptors (Lipinski definition) is 1. The molecule has 1 atom stereocenters. The number of benzene rings is 1. The fraction of sp³-hybridized carbons (Fsp3) is 0.167. The van der Waals surface area contributed by atoms with Gasteiger partial charge in [0.25, 0.3) is 0 Å². The van der Waals surface area contributed by atoms with Gasteiger partial charge in [-0.15, -0.1) is 11.3 Å². The van der Waals surface area contributed by atoms with Crippen LogP contribution in [0, 0.1) is 12.7 Å². The van der Waals surface area contributed by atoms with Gasteiger partial charge in [-0.2, -0.15) is 0 Å². The third-order valence-electron chi connectivity index (χ3n) is 2.27. The average molecular weight is 364 g/mol. The molecular weight excluding hydrogens is 355 g/mol. The maximum Gasteiger partial charge on any atom is 0.123 e. The quantitative estimate of drug-likeness (QED) is 0.623. The molecule has 0 bridgehead atoms. The van der Waals surface area contributed by atoms with Crippen LogP contribution in [0.3, 0.4) is 0 Å². The van der Waals surface area contributed by atoms with E-state index in [4.69, 9.17) is 0 Å². The Kier molecular flexibility index (Phi) is 3.82. The van der Waals surface area contributed by atoms with E-state index in [0.29, 0.717) is 0 Å². The minimum atomic E-state index is -0.200. The first kappa shape index (κ1) is 12.3. The Morgan fingerprint density at radius 3 is 2.62 bits per heavy atom. The molecule has 0 spiro atoms. The van der Waals surface area contributed by atoms with Gasteiger partial charge >= 0.3 is 0 Å². The molecule has 1 unspecified atom stereocenters. The van der Waals surface area contributed by atoms with Crippen molar-refractivity contribution >= 4 is 43.2 Å². The summed E-state index contributed by atoms with van der Waals surface area (Å²) < 4.78 is 14.2. The third kappa shape index (κ3) is 2.55. The van der Waals surface area contributed by atoms with Crippen molar-refractivity contribution in [1.29, 1.82) is 0 Å². The van der Waals surface area contributed by atoms with Crippen molar-refractivity contribution in [2.75, 3.05) is 0 Å². The van der Waals surface area contributed by atoms with Crippen LogP contribution in [-0.4, -0.2) is 0 Å². The van der Waals surface area contributed by atoms with E-state index >= 15 is 0 Å². The molecule has 2 rings (SSSR count). The summed E-state index contributed by atoms with van der Waals surface area (Å²) in [5, 5.41) is 0. The van der Waals surface area contributed by atoms with Crippen molar-refractivity contribution in [1.82, 2.24) is 0 Å². The second kappa shape index (κ2) is 4.98. The Bertz CT molecular complexity index is 488. The highest BCUT2D eigenvalue weighted by molar-refractivity contribution is 9.11. The summed E-state index contributed by atoms with van der Waals surface area (Å²) in [6, 6.07) is 8.78. The Labute approximate surface area is 115 Å². The summed E-state index contributed by atoms with van der Waals surface area (Å²) in [6.07, 6.45) is 0. The molecule has 0 aliphatic heterocycles. The van der Waals surface area contributed by atoms with E-state index in [9.17, 15) is 4.39 Å². The number of hydrogen-bond donors (Lipinski definition) is 0. The number of alkyl halides is 1. The zero-order valence-corrected chi connectivity index (χ0v) is 12.5. The Morgan fingerprint density at radius 2 is 2.06 bits per heavy atom. The lowest BCUT2D eigenvalue weighted by Crippen LogP contribution is -1.90. The molecule has 0 fully saturated rings. The molecule has 0 N–H and O–H groups in total. The molecule has 1 aromatic heterocycles. The van der Waals surface area contributed by atoms with Crippen molar-refractivity contribution in [3.63, 3.8) is 0 Å². The molecular formula is C12H9Br2FS. The van der Waals surface area contributed by atoms with E-state index in [-0.39, 0.29) is 10.6 Å². The zero-order chi connectivity index (χ0) is 11.7. The molecule has 0 aliphatic carbocycles. The predicted octanol–water partition coefficient (Wildman–Crippen LogP) is 5.44. The summed E-state index contributed by atoms with van der Waals surface area (Å²) in [5.74, 6) is -0.200. The summed E-state index contributed by atoms with van der Waals surface area (Å²) >= 11 is 8.76. The molecule has 2 aromatic rings. The maximum absolute atomic E-state index is 13.1. The van der Waals surface area contributed by atoms with E-state index in [2.05, 4.69) is 44.8 Å². The van der Waals surface area contributed by atoms with E-state index in [1.807, 2.05) is 6.07 Å².